The molecule has 0 aliphatic carbocycles. The Bertz CT molecular complexity index is 479. The number of nitrogens with zero attached hydrogens (tertiary/aromatic N) is 2. The first-order valence-corrected chi connectivity index (χ1v) is 6.11. The second-order valence-electron chi connectivity index (χ2n) is 4.12. The molecular weight excluding hydrogens is 234 g/mol. The molecule has 0 aliphatic rings. The van der Waals surface area contributed by atoms with Gasteiger partial charge in [-0.2, -0.15) is 0 Å². The summed E-state index contributed by atoms with van der Waals surface area (Å²) in [6, 6.07) is 6.19. The van der Waals surface area contributed by atoms with Gasteiger partial charge in [0.1, 0.15) is 0 Å². The SMILES string of the molecule is CCC(N)Cc1ccc(-n2ccnc2)cc1Cl. The van der Waals surface area contributed by atoms with E-state index in [2.05, 4.69) is 11.9 Å². The van der Waals surface area contributed by atoms with Gasteiger partial charge in [0.2, 0.25) is 0 Å². The summed E-state index contributed by atoms with van der Waals surface area (Å²) >= 11 is 6.26. The smallest absolute Gasteiger partial charge is 0.0991 e. The molecule has 1 aromatic carbocycles. The number of aromatic nitrogens is 2. The molecule has 1 unspecified atom stereocenters. The van der Waals surface area contributed by atoms with Gasteiger partial charge >= 0.3 is 0 Å². The summed E-state index contributed by atoms with van der Waals surface area (Å²) in [7, 11) is 0. The van der Waals surface area contributed by atoms with E-state index in [-0.39, 0.29) is 6.04 Å². The zero-order valence-corrected chi connectivity index (χ0v) is 10.6. The first kappa shape index (κ1) is 12.1. The molecule has 2 rings (SSSR count). The maximum atomic E-state index is 6.26. The van der Waals surface area contributed by atoms with Crippen molar-refractivity contribution in [2.24, 2.45) is 5.73 Å². The highest BCUT2D eigenvalue weighted by atomic mass is 35.5. The van der Waals surface area contributed by atoms with Crippen molar-refractivity contribution in [3.63, 3.8) is 0 Å². The van der Waals surface area contributed by atoms with E-state index in [1.165, 1.54) is 0 Å². The molecule has 0 spiro atoms. The molecule has 90 valence electrons. The van der Waals surface area contributed by atoms with Gasteiger partial charge in [-0.3, -0.25) is 0 Å². The molecule has 0 saturated carbocycles. The Morgan fingerprint density at radius 3 is 2.88 bits per heavy atom. The molecule has 0 aliphatic heterocycles. The number of hydrogen-bond acceptors (Lipinski definition) is 2. The molecule has 1 atom stereocenters. The number of benzene rings is 1. The quantitative estimate of drug-likeness (QED) is 0.906. The number of halogens is 1. The van der Waals surface area contributed by atoms with E-state index in [9.17, 15) is 0 Å². The van der Waals surface area contributed by atoms with Crippen LogP contribution in [0.5, 0.6) is 0 Å². The van der Waals surface area contributed by atoms with E-state index in [0.717, 1.165) is 29.1 Å². The number of rotatable bonds is 4. The first-order chi connectivity index (χ1) is 8.20. The summed E-state index contributed by atoms with van der Waals surface area (Å²) in [5.74, 6) is 0. The van der Waals surface area contributed by atoms with Gasteiger partial charge in [-0.1, -0.05) is 24.6 Å². The van der Waals surface area contributed by atoms with Crippen LogP contribution in [-0.2, 0) is 6.42 Å². The summed E-state index contributed by atoms with van der Waals surface area (Å²) < 4.78 is 1.93. The molecule has 4 heteroatoms. The molecule has 3 nitrogen and oxygen atoms in total. The van der Waals surface area contributed by atoms with Crippen molar-refractivity contribution in [1.82, 2.24) is 9.55 Å². The van der Waals surface area contributed by atoms with E-state index in [1.54, 1.807) is 12.5 Å². The summed E-state index contributed by atoms with van der Waals surface area (Å²) in [4.78, 5) is 4.01. The van der Waals surface area contributed by atoms with Gasteiger partial charge in [0, 0.05) is 29.1 Å². The molecule has 1 aromatic heterocycles. The zero-order valence-electron chi connectivity index (χ0n) is 9.81. The van der Waals surface area contributed by atoms with Gasteiger partial charge < -0.3 is 10.3 Å². The topological polar surface area (TPSA) is 43.8 Å². The van der Waals surface area contributed by atoms with Crippen LogP contribution in [0.15, 0.2) is 36.9 Å². The van der Waals surface area contributed by atoms with Crippen molar-refractivity contribution in [1.29, 1.82) is 0 Å². The fourth-order valence-corrected chi connectivity index (χ4v) is 1.95. The lowest BCUT2D eigenvalue weighted by molar-refractivity contribution is 0.646. The Morgan fingerprint density at radius 1 is 1.47 bits per heavy atom. The molecule has 0 radical (unpaired) electrons. The fraction of sp³-hybridized carbons (Fsp3) is 0.308. The predicted molar refractivity (Wildman–Crippen MR) is 70.5 cm³/mol. The van der Waals surface area contributed by atoms with E-state index in [0.29, 0.717) is 0 Å². The van der Waals surface area contributed by atoms with Crippen LogP contribution in [0.25, 0.3) is 5.69 Å². The lowest BCUT2D eigenvalue weighted by Gasteiger charge is -2.11. The standard InChI is InChI=1S/C13H16ClN3/c1-2-11(15)7-10-3-4-12(8-13(10)14)17-6-5-16-9-17/h3-6,8-9,11H,2,7,15H2,1H3. The van der Waals surface area contributed by atoms with Gasteiger partial charge in [-0.05, 0) is 30.5 Å². The zero-order chi connectivity index (χ0) is 12.3. The van der Waals surface area contributed by atoms with Crippen LogP contribution < -0.4 is 5.73 Å². The van der Waals surface area contributed by atoms with E-state index in [1.807, 2.05) is 29.0 Å². The molecule has 0 fully saturated rings. The third kappa shape index (κ3) is 2.87. The fourth-order valence-electron chi connectivity index (χ4n) is 1.70. The lowest BCUT2D eigenvalue weighted by atomic mass is 10.0. The molecule has 0 amide bonds. The third-order valence-electron chi connectivity index (χ3n) is 2.85. The molecule has 17 heavy (non-hydrogen) atoms. The molecule has 0 bridgehead atoms. The molecular formula is C13H16ClN3. The van der Waals surface area contributed by atoms with Gasteiger partial charge in [0.25, 0.3) is 0 Å². The number of imidazole rings is 1. The maximum Gasteiger partial charge on any atom is 0.0991 e. The highest BCUT2D eigenvalue weighted by Gasteiger charge is 2.07. The van der Waals surface area contributed by atoms with Crippen molar-refractivity contribution in [2.45, 2.75) is 25.8 Å². The third-order valence-corrected chi connectivity index (χ3v) is 3.20. The van der Waals surface area contributed by atoms with Crippen molar-refractivity contribution in [3.05, 3.63) is 47.5 Å². The van der Waals surface area contributed by atoms with Crippen molar-refractivity contribution >= 4 is 11.6 Å². The summed E-state index contributed by atoms with van der Waals surface area (Å²) in [5, 5.41) is 0.764. The minimum absolute atomic E-state index is 0.173. The molecule has 2 aromatic rings. The van der Waals surface area contributed by atoms with Crippen molar-refractivity contribution < 1.29 is 0 Å². The number of nitrogens with two attached hydrogens (primary N) is 1. The van der Waals surface area contributed by atoms with E-state index in [4.69, 9.17) is 17.3 Å². The second kappa shape index (κ2) is 5.34. The minimum Gasteiger partial charge on any atom is -0.327 e. The van der Waals surface area contributed by atoms with Crippen LogP contribution in [0.3, 0.4) is 0 Å². The Morgan fingerprint density at radius 2 is 2.29 bits per heavy atom. The Hall–Kier alpha value is -1.32. The number of hydrogen-bond donors (Lipinski definition) is 1. The average Bonchev–Trinajstić information content (AvgIpc) is 2.85. The highest BCUT2D eigenvalue weighted by molar-refractivity contribution is 6.31. The van der Waals surface area contributed by atoms with Crippen LogP contribution in [-0.4, -0.2) is 15.6 Å². The molecule has 0 saturated heterocycles. The minimum atomic E-state index is 0.173. The average molecular weight is 250 g/mol. The summed E-state index contributed by atoms with van der Waals surface area (Å²) in [6.07, 6.45) is 7.17. The van der Waals surface area contributed by atoms with E-state index < -0.39 is 0 Å². The Kier molecular flexibility index (Phi) is 3.82. The highest BCUT2D eigenvalue weighted by Crippen LogP contribution is 2.21. The monoisotopic (exact) mass is 249 g/mol. The summed E-state index contributed by atoms with van der Waals surface area (Å²) in [5.41, 5.74) is 8.05. The second-order valence-corrected chi connectivity index (χ2v) is 4.53. The van der Waals surface area contributed by atoms with Crippen LogP contribution >= 0.6 is 11.6 Å². The molecule has 1 heterocycles. The van der Waals surface area contributed by atoms with Crippen molar-refractivity contribution in [3.8, 4) is 5.69 Å². The predicted octanol–water partition coefficient (Wildman–Crippen LogP) is 2.81. The molecule has 2 N–H and O–H groups in total. The van der Waals surface area contributed by atoms with Gasteiger partial charge in [0.05, 0.1) is 6.33 Å². The Balaban J connectivity index is 2.23. The normalized spacial score (nSPS) is 12.6. The lowest BCUT2D eigenvalue weighted by Crippen LogP contribution is -2.21. The summed E-state index contributed by atoms with van der Waals surface area (Å²) in [6.45, 7) is 2.08. The van der Waals surface area contributed by atoms with Gasteiger partial charge in [0.15, 0.2) is 0 Å². The largest absolute Gasteiger partial charge is 0.327 e. The van der Waals surface area contributed by atoms with Crippen LogP contribution in [0.1, 0.15) is 18.9 Å². The van der Waals surface area contributed by atoms with Crippen molar-refractivity contribution in [2.75, 3.05) is 0 Å². The van der Waals surface area contributed by atoms with Crippen LogP contribution in [0, 0.1) is 0 Å². The Labute approximate surface area is 106 Å². The van der Waals surface area contributed by atoms with Gasteiger partial charge in [-0.25, -0.2) is 4.98 Å². The maximum absolute atomic E-state index is 6.26. The van der Waals surface area contributed by atoms with Gasteiger partial charge in [-0.15, -0.1) is 0 Å². The van der Waals surface area contributed by atoms with Crippen LogP contribution in [0.2, 0.25) is 5.02 Å². The van der Waals surface area contributed by atoms with Crippen LogP contribution in [0.4, 0.5) is 0 Å². The van der Waals surface area contributed by atoms with E-state index >= 15 is 0 Å². The first-order valence-electron chi connectivity index (χ1n) is 5.73.